The zero-order valence-electron chi connectivity index (χ0n) is 16.2. The van der Waals surface area contributed by atoms with Crippen LogP contribution in [0.4, 0.5) is 4.39 Å². The molecule has 0 bridgehead atoms. The molecule has 0 heterocycles. The van der Waals surface area contributed by atoms with Crippen molar-refractivity contribution in [2.45, 2.75) is 25.6 Å². The number of hydrogen-bond donors (Lipinski definition) is 2. The van der Waals surface area contributed by atoms with Crippen molar-refractivity contribution >= 4 is 5.91 Å². The van der Waals surface area contributed by atoms with E-state index in [2.05, 4.69) is 5.32 Å². The molecule has 0 fully saturated rings. The summed E-state index contributed by atoms with van der Waals surface area (Å²) in [7, 11) is 1.95. The highest BCUT2D eigenvalue weighted by Crippen LogP contribution is 2.21. The molecule has 1 unspecified atom stereocenters. The lowest BCUT2D eigenvalue weighted by molar-refractivity contribution is -0.908. The van der Waals surface area contributed by atoms with Gasteiger partial charge in [0, 0.05) is 5.56 Å². The molecule has 0 saturated carbocycles. The van der Waals surface area contributed by atoms with Crippen molar-refractivity contribution in [1.29, 1.82) is 0 Å². The maximum atomic E-state index is 13.4. The number of carbonyl (C=O) groups is 1. The Balaban J connectivity index is 1.74. The Morgan fingerprint density at radius 3 is 2.04 bits per heavy atom. The molecule has 0 saturated heterocycles. The number of halogens is 1. The van der Waals surface area contributed by atoms with Crippen LogP contribution >= 0.6 is 0 Å². The van der Waals surface area contributed by atoms with Crippen LogP contribution in [-0.2, 0) is 11.3 Å². The number of nitrogens with one attached hydrogen (secondary N) is 2. The number of benzene rings is 3. The topological polar surface area (TPSA) is 33.5 Å². The second-order valence-corrected chi connectivity index (χ2v) is 7.14. The predicted molar refractivity (Wildman–Crippen MR) is 109 cm³/mol. The van der Waals surface area contributed by atoms with Gasteiger partial charge in [-0.05, 0) is 30.2 Å². The smallest absolute Gasteiger partial charge is 0.278 e. The average Bonchev–Trinajstić information content (AvgIpc) is 2.72. The number of rotatable bonds is 7. The molecular weight excluding hydrogens is 351 g/mol. The van der Waals surface area contributed by atoms with Crippen LogP contribution in [0.1, 0.15) is 29.7 Å². The third-order valence-electron chi connectivity index (χ3n) is 5.06. The van der Waals surface area contributed by atoms with Crippen molar-refractivity contribution in [3.8, 4) is 0 Å². The van der Waals surface area contributed by atoms with Crippen LogP contribution in [0.5, 0.6) is 0 Å². The number of quaternary nitrogens is 1. The Morgan fingerprint density at radius 2 is 1.50 bits per heavy atom. The Bertz CT molecular complexity index is 859. The predicted octanol–water partition coefficient (Wildman–Crippen LogP) is 3.13. The molecule has 0 aliphatic carbocycles. The van der Waals surface area contributed by atoms with E-state index >= 15 is 0 Å². The van der Waals surface area contributed by atoms with E-state index in [0.29, 0.717) is 6.54 Å². The molecule has 1 amide bonds. The van der Waals surface area contributed by atoms with Gasteiger partial charge in [0.2, 0.25) is 0 Å². The molecule has 3 aromatic rings. The molecule has 3 aromatic carbocycles. The van der Waals surface area contributed by atoms with Crippen LogP contribution in [0.3, 0.4) is 0 Å². The van der Waals surface area contributed by atoms with E-state index in [9.17, 15) is 9.18 Å². The Morgan fingerprint density at radius 1 is 0.929 bits per heavy atom. The molecule has 0 radical (unpaired) electrons. The van der Waals surface area contributed by atoms with E-state index in [1.807, 2.05) is 80.7 Å². The monoisotopic (exact) mass is 377 g/mol. The summed E-state index contributed by atoms with van der Waals surface area (Å²) < 4.78 is 13.4. The van der Waals surface area contributed by atoms with Gasteiger partial charge in [-0.15, -0.1) is 0 Å². The Labute approximate surface area is 165 Å². The molecule has 0 aliphatic heterocycles. The van der Waals surface area contributed by atoms with Gasteiger partial charge in [-0.3, -0.25) is 4.79 Å². The van der Waals surface area contributed by atoms with Gasteiger partial charge in [0.15, 0.2) is 6.04 Å². The van der Waals surface area contributed by atoms with Gasteiger partial charge < -0.3 is 10.2 Å². The number of likely N-dealkylation sites (N-methyl/N-ethyl adjacent to an activating group) is 1. The SMILES string of the molecule is C[C@H](C(=O)NC(c1ccccc1)c1ccccc1)[NH+](C)Cc1cccc(F)c1. The minimum absolute atomic E-state index is 0.0355. The van der Waals surface area contributed by atoms with E-state index in [1.165, 1.54) is 12.1 Å². The molecule has 2 atom stereocenters. The van der Waals surface area contributed by atoms with Gasteiger partial charge >= 0.3 is 0 Å². The molecule has 0 aromatic heterocycles. The lowest BCUT2D eigenvalue weighted by Gasteiger charge is -2.25. The minimum Gasteiger partial charge on any atom is -0.340 e. The van der Waals surface area contributed by atoms with Gasteiger partial charge in [0.1, 0.15) is 12.4 Å². The van der Waals surface area contributed by atoms with Gasteiger partial charge in [-0.1, -0.05) is 72.8 Å². The molecular formula is C24H26FN2O+. The number of amides is 1. The van der Waals surface area contributed by atoms with E-state index in [4.69, 9.17) is 0 Å². The maximum absolute atomic E-state index is 13.4. The zero-order valence-corrected chi connectivity index (χ0v) is 16.2. The number of carbonyl (C=O) groups excluding carboxylic acids is 1. The van der Waals surface area contributed by atoms with Crippen LogP contribution in [0.15, 0.2) is 84.9 Å². The molecule has 144 valence electrons. The van der Waals surface area contributed by atoms with Crippen molar-refractivity contribution in [3.05, 3.63) is 107 Å². The quantitative estimate of drug-likeness (QED) is 0.652. The van der Waals surface area contributed by atoms with E-state index in [0.717, 1.165) is 21.6 Å². The van der Waals surface area contributed by atoms with Crippen molar-refractivity contribution in [2.75, 3.05) is 7.05 Å². The molecule has 28 heavy (non-hydrogen) atoms. The van der Waals surface area contributed by atoms with Crippen LogP contribution in [-0.4, -0.2) is 19.0 Å². The first kappa shape index (κ1) is 19.8. The summed E-state index contributed by atoms with van der Waals surface area (Å²) in [4.78, 5) is 14.0. The van der Waals surface area contributed by atoms with Crippen LogP contribution in [0.2, 0.25) is 0 Å². The molecule has 3 rings (SSSR count). The minimum atomic E-state index is -0.279. The summed E-state index contributed by atoms with van der Waals surface area (Å²) in [6.45, 7) is 2.48. The van der Waals surface area contributed by atoms with Crippen molar-refractivity contribution in [1.82, 2.24) is 5.32 Å². The van der Waals surface area contributed by atoms with Gasteiger partial charge in [0.05, 0.1) is 13.1 Å². The lowest BCUT2D eigenvalue weighted by Crippen LogP contribution is -3.12. The van der Waals surface area contributed by atoms with Gasteiger partial charge in [-0.2, -0.15) is 0 Å². The van der Waals surface area contributed by atoms with Crippen molar-refractivity contribution < 1.29 is 14.1 Å². The highest BCUT2D eigenvalue weighted by Gasteiger charge is 2.25. The largest absolute Gasteiger partial charge is 0.340 e. The summed E-state index contributed by atoms with van der Waals surface area (Å²) in [5.74, 6) is -0.290. The second-order valence-electron chi connectivity index (χ2n) is 7.14. The second kappa shape index (κ2) is 9.29. The standard InChI is InChI=1S/C24H25FN2O/c1-18(27(2)17-19-10-9-15-22(25)16-19)24(28)26-23(20-11-5-3-6-12-20)21-13-7-4-8-14-21/h3-16,18,23H,17H2,1-2H3,(H,26,28)/p+1/t18-/m1/s1. The lowest BCUT2D eigenvalue weighted by atomic mass is 9.98. The first-order valence-electron chi connectivity index (χ1n) is 9.51. The highest BCUT2D eigenvalue weighted by atomic mass is 19.1. The van der Waals surface area contributed by atoms with Crippen LogP contribution in [0, 0.1) is 5.82 Å². The molecule has 0 aliphatic rings. The van der Waals surface area contributed by atoms with Gasteiger partial charge in [0.25, 0.3) is 5.91 Å². The van der Waals surface area contributed by atoms with Gasteiger partial charge in [-0.25, -0.2) is 4.39 Å². The summed E-state index contributed by atoms with van der Waals surface area (Å²) >= 11 is 0. The fraction of sp³-hybridized carbons (Fsp3) is 0.208. The fourth-order valence-corrected chi connectivity index (χ4v) is 3.26. The average molecular weight is 377 g/mol. The van der Waals surface area contributed by atoms with Crippen molar-refractivity contribution in [2.24, 2.45) is 0 Å². The maximum Gasteiger partial charge on any atom is 0.278 e. The number of hydrogen-bond acceptors (Lipinski definition) is 1. The molecule has 4 heteroatoms. The van der Waals surface area contributed by atoms with Crippen LogP contribution in [0.25, 0.3) is 0 Å². The van der Waals surface area contributed by atoms with E-state index in [-0.39, 0.29) is 23.8 Å². The Hall–Kier alpha value is -2.98. The summed E-state index contributed by atoms with van der Waals surface area (Å²) in [5.41, 5.74) is 2.95. The first-order chi connectivity index (χ1) is 13.5. The third kappa shape index (κ3) is 5.05. The summed E-state index contributed by atoms with van der Waals surface area (Å²) in [5, 5.41) is 3.19. The van der Waals surface area contributed by atoms with Crippen LogP contribution < -0.4 is 10.2 Å². The van der Waals surface area contributed by atoms with E-state index in [1.54, 1.807) is 6.07 Å². The highest BCUT2D eigenvalue weighted by molar-refractivity contribution is 5.80. The third-order valence-corrected chi connectivity index (χ3v) is 5.06. The molecule has 3 nitrogen and oxygen atoms in total. The van der Waals surface area contributed by atoms with E-state index < -0.39 is 0 Å². The first-order valence-corrected chi connectivity index (χ1v) is 9.51. The zero-order chi connectivity index (χ0) is 19.9. The summed E-state index contributed by atoms with van der Waals surface area (Å²) in [6, 6.07) is 25.9. The van der Waals surface area contributed by atoms with Crippen molar-refractivity contribution in [3.63, 3.8) is 0 Å². The Kier molecular flexibility index (Phi) is 6.56. The molecule has 2 N–H and O–H groups in total. The summed E-state index contributed by atoms with van der Waals surface area (Å²) in [6.07, 6.45) is 0. The fourth-order valence-electron chi connectivity index (χ4n) is 3.26. The molecule has 0 spiro atoms. The normalized spacial score (nSPS) is 13.1.